The molecule has 2 saturated heterocycles. The Hall–Kier alpha value is -3.94. The number of rotatable bonds is 5. The number of amides is 3. The van der Waals surface area contributed by atoms with Gasteiger partial charge in [0.1, 0.15) is 11.5 Å². The Morgan fingerprint density at radius 1 is 0.865 bits per heavy atom. The van der Waals surface area contributed by atoms with Gasteiger partial charge in [0.15, 0.2) is 0 Å². The standard InChI is InChI=1S/C29H26N2O6/c1-36-18-6-2-4-16(11-18)30-14-15(10-24(30)32)29(35)37-19-7-3-5-17(12-19)31-27(33)25-20-8-9-21(23-13-22(20)23)26(25)28(31)34/h2-9,11-12,15,20-23,25-26H,10,13-14H2,1H3/t15-,20+,21+,22+,23+,25-,26-/m0/s1. The molecule has 4 aliphatic carbocycles. The Bertz CT molecular complexity index is 1350. The SMILES string of the molecule is COc1cccc(N2C[C@@H](C(=O)Oc3cccc(N4C(=O)[C@H]5[C@@H]6C=C[C@H]([C@H]7C[C@H]67)[C@@H]5C4=O)c3)CC2=O)c1. The van der Waals surface area contributed by atoms with Gasteiger partial charge >= 0.3 is 5.97 Å². The van der Waals surface area contributed by atoms with Crippen LogP contribution in [0.15, 0.2) is 60.7 Å². The van der Waals surface area contributed by atoms with Crippen molar-refractivity contribution in [1.29, 1.82) is 0 Å². The number of hydrogen-bond acceptors (Lipinski definition) is 6. The van der Waals surface area contributed by atoms with Crippen LogP contribution in [0.3, 0.4) is 0 Å². The first-order chi connectivity index (χ1) is 17.9. The summed E-state index contributed by atoms with van der Waals surface area (Å²) in [6, 6.07) is 13.7. The van der Waals surface area contributed by atoms with Crippen molar-refractivity contribution in [3.63, 3.8) is 0 Å². The molecule has 8 heteroatoms. The molecule has 0 radical (unpaired) electrons. The fourth-order valence-corrected chi connectivity index (χ4v) is 6.99. The molecule has 188 valence electrons. The van der Waals surface area contributed by atoms with Crippen molar-refractivity contribution in [3.8, 4) is 11.5 Å². The monoisotopic (exact) mass is 498 g/mol. The van der Waals surface area contributed by atoms with Gasteiger partial charge in [-0.25, -0.2) is 4.90 Å². The first kappa shape index (κ1) is 22.3. The minimum atomic E-state index is -0.631. The molecule has 0 spiro atoms. The molecular weight excluding hydrogens is 472 g/mol. The average molecular weight is 499 g/mol. The Kier molecular flexibility index (Phi) is 4.83. The second kappa shape index (κ2) is 8.03. The molecule has 3 amide bonds. The van der Waals surface area contributed by atoms with Gasteiger partial charge in [-0.05, 0) is 54.4 Å². The molecular formula is C29H26N2O6. The Balaban J connectivity index is 1.07. The zero-order valence-corrected chi connectivity index (χ0v) is 20.3. The van der Waals surface area contributed by atoms with Gasteiger partial charge in [0.2, 0.25) is 17.7 Å². The molecule has 2 aliphatic heterocycles. The van der Waals surface area contributed by atoms with Gasteiger partial charge in [-0.1, -0.05) is 24.3 Å². The smallest absolute Gasteiger partial charge is 0.316 e. The summed E-state index contributed by atoms with van der Waals surface area (Å²) in [4.78, 5) is 55.3. The quantitative estimate of drug-likeness (QED) is 0.272. The molecule has 2 heterocycles. The lowest BCUT2D eigenvalue weighted by atomic mass is 9.63. The third-order valence-corrected chi connectivity index (χ3v) is 8.78. The van der Waals surface area contributed by atoms with E-state index in [0.29, 0.717) is 29.0 Å². The minimum absolute atomic E-state index is 0.0420. The highest BCUT2D eigenvalue weighted by molar-refractivity contribution is 6.22. The predicted octanol–water partition coefficient (Wildman–Crippen LogP) is 3.21. The maximum Gasteiger partial charge on any atom is 0.316 e. The van der Waals surface area contributed by atoms with Crippen LogP contribution < -0.4 is 19.3 Å². The molecule has 2 saturated carbocycles. The first-order valence-corrected chi connectivity index (χ1v) is 12.8. The fraction of sp³-hybridized carbons (Fsp3) is 0.379. The number of allylic oxidation sites excluding steroid dienone is 2. The number of esters is 1. The van der Waals surface area contributed by atoms with Gasteiger partial charge in [-0.2, -0.15) is 0 Å². The summed E-state index contributed by atoms with van der Waals surface area (Å²) in [7, 11) is 1.56. The van der Waals surface area contributed by atoms with Crippen LogP contribution in [0.1, 0.15) is 12.8 Å². The number of ether oxygens (including phenoxy) is 2. The fourth-order valence-electron chi connectivity index (χ4n) is 6.99. The van der Waals surface area contributed by atoms with Gasteiger partial charge < -0.3 is 14.4 Å². The van der Waals surface area contributed by atoms with Crippen molar-refractivity contribution in [2.45, 2.75) is 12.8 Å². The summed E-state index contributed by atoms with van der Waals surface area (Å²) < 4.78 is 10.9. The average Bonchev–Trinajstić information content (AvgIpc) is 3.58. The molecule has 8 rings (SSSR count). The first-order valence-electron chi connectivity index (χ1n) is 12.8. The Morgan fingerprint density at radius 2 is 1.49 bits per heavy atom. The number of benzene rings is 2. The summed E-state index contributed by atoms with van der Waals surface area (Å²) in [5.74, 6) is 0.0301. The number of imide groups is 1. The number of hydrogen-bond donors (Lipinski definition) is 0. The predicted molar refractivity (Wildman–Crippen MR) is 133 cm³/mol. The largest absolute Gasteiger partial charge is 0.497 e. The van der Waals surface area contributed by atoms with Crippen LogP contribution >= 0.6 is 0 Å². The van der Waals surface area contributed by atoms with Crippen molar-refractivity contribution >= 4 is 35.1 Å². The van der Waals surface area contributed by atoms with E-state index in [1.165, 1.54) is 4.90 Å². The molecule has 8 nitrogen and oxygen atoms in total. The lowest BCUT2D eigenvalue weighted by Crippen LogP contribution is -2.40. The van der Waals surface area contributed by atoms with E-state index >= 15 is 0 Å². The molecule has 2 aromatic carbocycles. The summed E-state index contributed by atoms with van der Waals surface area (Å²) in [5.41, 5.74) is 1.08. The van der Waals surface area contributed by atoms with Crippen LogP contribution in [0.25, 0.3) is 0 Å². The van der Waals surface area contributed by atoms with Crippen molar-refractivity contribution in [3.05, 3.63) is 60.7 Å². The van der Waals surface area contributed by atoms with E-state index in [4.69, 9.17) is 9.47 Å². The summed E-state index contributed by atoms with van der Waals surface area (Å²) in [6.45, 7) is 0.203. The molecule has 6 aliphatic rings. The third kappa shape index (κ3) is 3.35. The van der Waals surface area contributed by atoms with E-state index in [2.05, 4.69) is 12.2 Å². The van der Waals surface area contributed by atoms with E-state index in [0.717, 1.165) is 6.42 Å². The van der Waals surface area contributed by atoms with Crippen molar-refractivity contribution in [1.82, 2.24) is 0 Å². The number of anilines is 2. The van der Waals surface area contributed by atoms with Crippen LogP contribution in [-0.4, -0.2) is 37.3 Å². The Morgan fingerprint density at radius 3 is 2.16 bits per heavy atom. The van der Waals surface area contributed by atoms with Gasteiger partial charge in [0, 0.05) is 30.8 Å². The van der Waals surface area contributed by atoms with Gasteiger partial charge in [-0.3, -0.25) is 19.2 Å². The highest BCUT2D eigenvalue weighted by Gasteiger charge is 2.67. The zero-order valence-electron chi connectivity index (χ0n) is 20.3. The molecule has 2 aromatic rings. The second-order valence-corrected chi connectivity index (χ2v) is 10.7. The second-order valence-electron chi connectivity index (χ2n) is 10.7. The molecule has 4 fully saturated rings. The number of carbonyl (C=O) groups is 4. The molecule has 2 bridgehead atoms. The van der Waals surface area contributed by atoms with E-state index in [1.807, 2.05) is 0 Å². The highest BCUT2D eigenvalue weighted by atomic mass is 16.5. The van der Waals surface area contributed by atoms with E-state index in [-0.39, 0.29) is 60.1 Å². The number of carbonyl (C=O) groups excluding carboxylic acids is 4. The van der Waals surface area contributed by atoms with E-state index in [9.17, 15) is 19.2 Å². The molecule has 7 atom stereocenters. The van der Waals surface area contributed by atoms with Crippen molar-refractivity contribution in [2.75, 3.05) is 23.5 Å². The maximum absolute atomic E-state index is 13.4. The van der Waals surface area contributed by atoms with Crippen LogP contribution in [0.4, 0.5) is 11.4 Å². The number of nitrogens with zero attached hydrogens (tertiary/aromatic N) is 2. The normalized spacial score (nSPS) is 33.0. The van der Waals surface area contributed by atoms with E-state index < -0.39 is 11.9 Å². The summed E-state index contributed by atoms with van der Waals surface area (Å²) in [6.07, 6.45) is 5.44. The van der Waals surface area contributed by atoms with Gasteiger partial charge in [0.25, 0.3) is 0 Å². The lowest BCUT2D eigenvalue weighted by Gasteiger charge is -2.37. The molecule has 37 heavy (non-hydrogen) atoms. The molecule has 0 unspecified atom stereocenters. The van der Waals surface area contributed by atoms with Gasteiger partial charge in [-0.15, -0.1) is 0 Å². The third-order valence-electron chi connectivity index (χ3n) is 8.78. The molecule has 0 aromatic heterocycles. The van der Waals surface area contributed by atoms with Crippen molar-refractivity contribution < 1.29 is 28.7 Å². The van der Waals surface area contributed by atoms with E-state index in [1.54, 1.807) is 60.5 Å². The summed E-state index contributed by atoms with van der Waals surface area (Å²) in [5, 5.41) is 0. The highest BCUT2D eigenvalue weighted by Crippen LogP contribution is 2.65. The molecule has 0 N–H and O–H groups in total. The van der Waals surface area contributed by atoms with Gasteiger partial charge in [0.05, 0.1) is 30.6 Å². The maximum atomic E-state index is 13.4. The topological polar surface area (TPSA) is 93.2 Å². The number of methoxy groups -OCH3 is 1. The zero-order chi connectivity index (χ0) is 25.4. The van der Waals surface area contributed by atoms with Crippen LogP contribution in [0, 0.1) is 41.4 Å². The van der Waals surface area contributed by atoms with Crippen LogP contribution in [0.5, 0.6) is 11.5 Å². The Labute approximate surface area is 213 Å². The summed E-state index contributed by atoms with van der Waals surface area (Å²) >= 11 is 0. The van der Waals surface area contributed by atoms with Crippen LogP contribution in [-0.2, 0) is 19.2 Å². The van der Waals surface area contributed by atoms with Crippen LogP contribution in [0.2, 0.25) is 0 Å². The lowest BCUT2D eigenvalue weighted by molar-refractivity contribution is -0.139. The minimum Gasteiger partial charge on any atom is -0.497 e. The van der Waals surface area contributed by atoms with Crippen molar-refractivity contribution in [2.24, 2.45) is 41.4 Å².